The third-order valence-electron chi connectivity index (χ3n) is 7.26. The summed E-state index contributed by atoms with van der Waals surface area (Å²) >= 11 is 0. The van der Waals surface area contributed by atoms with Crippen LogP contribution in [0.5, 0.6) is 0 Å². The van der Waals surface area contributed by atoms with Gasteiger partial charge in [0.2, 0.25) is 0 Å². The fraction of sp³-hybridized carbons (Fsp3) is 0.900. The van der Waals surface area contributed by atoms with Gasteiger partial charge in [0.1, 0.15) is 0 Å². The average molecular weight is 369 g/mol. The van der Waals surface area contributed by atoms with E-state index in [4.69, 9.17) is 13.9 Å². The van der Waals surface area contributed by atoms with Crippen LogP contribution >= 0.6 is 0 Å². The zero-order chi connectivity index (χ0) is 18.5. The van der Waals surface area contributed by atoms with E-state index in [9.17, 15) is 5.11 Å². The van der Waals surface area contributed by atoms with E-state index in [0.717, 1.165) is 32.3 Å². The van der Waals surface area contributed by atoms with Crippen molar-refractivity contribution in [1.29, 1.82) is 0 Å². The molecule has 2 aliphatic carbocycles. The summed E-state index contributed by atoms with van der Waals surface area (Å²) in [5.74, 6) is -0.139. The van der Waals surface area contributed by atoms with Crippen LogP contribution in [0.1, 0.15) is 53.4 Å². The second-order valence-corrected chi connectivity index (χ2v) is 14.6. The summed E-state index contributed by atoms with van der Waals surface area (Å²) in [5.41, 5.74) is 1.15. The highest BCUT2D eigenvalue weighted by atomic mass is 28.4. The van der Waals surface area contributed by atoms with Crippen LogP contribution in [-0.4, -0.2) is 45.1 Å². The van der Waals surface area contributed by atoms with Crippen molar-refractivity contribution in [3.05, 3.63) is 11.6 Å². The number of hydrogen-bond donors (Lipinski definition) is 1. The van der Waals surface area contributed by atoms with E-state index in [1.54, 1.807) is 0 Å². The Labute approximate surface area is 154 Å². The molecule has 1 heterocycles. The fourth-order valence-corrected chi connectivity index (χ4v) is 5.52. The molecule has 25 heavy (non-hydrogen) atoms. The minimum atomic E-state index is -1.78. The van der Waals surface area contributed by atoms with Crippen LogP contribution in [-0.2, 0) is 13.9 Å². The van der Waals surface area contributed by atoms with E-state index < -0.39 is 14.1 Å². The Bertz CT molecular complexity index is 530. The maximum atomic E-state index is 10.3. The van der Waals surface area contributed by atoms with Crippen LogP contribution in [0.15, 0.2) is 11.6 Å². The quantitative estimate of drug-likeness (QED) is 0.598. The van der Waals surface area contributed by atoms with Crippen molar-refractivity contribution < 1.29 is 19.0 Å². The number of ether oxygens (including phenoxy) is 2. The SMILES string of the molecule is CC(C)(C)[Si](C)(C)OC[C@@H]1CCC2(OCCO2)[C@]2(C)CC[C@H](O)C=C12. The van der Waals surface area contributed by atoms with Crippen molar-refractivity contribution >= 4 is 8.32 Å². The topological polar surface area (TPSA) is 47.9 Å². The molecular weight excluding hydrogens is 332 g/mol. The number of fused-ring (bicyclic) bond motifs is 2. The second-order valence-electron chi connectivity index (χ2n) is 9.82. The molecule has 0 radical (unpaired) electrons. The summed E-state index contributed by atoms with van der Waals surface area (Å²) < 4.78 is 18.9. The van der Waals surface area contributed by atoms with Crippen LogP contribution in [0.4, 0.5) is 0 Å². The summed E-state index contributed by atoms with van der Waals surface area (Å²) in [7, 11) is -1.78. The smallest absolute Gasteiger partial charge is 0.192 e. The third-order valence-corrected chi connectivity index (χ3v) is 11.8. The second kappa shape index (κ2) is 6.45. The largest absolute Gasteiger partial charge is 0.416 e. The highest BCUT2D eigenvalue weighted by molar-refractivity contribution is 6.74. The van der Waals surface area contributed by atoms with E-state index >= 15 is 0 Å². The van der Waals surface area contributed by atoms with Crippen molar-refractivity contribution in [2.45, 2.75) is 83.4 Å². The third kappa shape index (κ3) is 3.27. The van der Waals surface area contributed by atoms with E-state index in [-0.39, 0.29) is 16.6 Å². The minimum Gasteiger partial charge on any atom is -0.416 e. The Hall–Kier alpha value is -0.203. The van der Waals surface area contributed by atoms with Crippen molar-refractivity contribution in [1.82, 2.24) is 0 Å². The van der Waals surface area contributed by atoms with Crippen LogP contribution < -0.4 is 0 Å². The number of hydrogen-bond acceptors (Lipinski definition) is 4. The molecule has 1 N–H and O–H groups in total. The van der Waals surface area contributed by atoms with Gasteiger partial charge in [-0.25, -0.2) is 0 Å². The molecule has 3 aliphatic rings. The summed E-state index contributed by atoms with van der Waals surface area (Å²) in [6, 6.07) is 0. The summed E-state index contributed by atoms with van der Waals surface area (Å²) in [6.45, 7) is 15.8. The molecule has 2 fully saturated rings. The highest BCUT2D eigenvalue weighted by Gasteiger charge is 2.59. The van der Waals surface area contributed by atoms with E-state index in [2.05, 4.69) is 46.9 Å². The first-order chi connectivity index (χ1) is 11.5. The van der Waals surface area contributed by atoms with Crippen LogP contribution in [0.3, 0.4) is 0 Å². The van der Waals surface area contributed by atoms with E-state index in [1.807, 2.05) is 0 Å². The molecule has 0 aromatic rings. The van der Waals surface area contributed by atoms with Crippen LogP contribution in [0.2, 0.25) is 18.1 Å². The van der Waals surface area contributed by atoms with Crippen molar-refractivity contribution in [2.24, 2.45) is 11.3 Å². The predicted molar refractivity (Wildman–Crippen MR) is 102 cm³/mol. The number of rotatable bonds is 3. The molecule has 0 bridgehead atoms. The van der Waals surface area contributed by atoms with Gasteiger partial charge < -0.3 is 19.0 Å². The molecule has 0 unspecified atom stereocenters. The Morgan fingerprint density at radius 1 is 1.20 bits per heavy atom. The molecular formula is C20H36O4Si. The Morgan fingerprint density at radius 2 is 1.84 bits per heavy atom. The molecule has 5 heteroatoms. The van der Waals surface area contributed by atoms with Gasteiger partial charge in [0.05, 0.1) is 19.3 Å². The van der Waals surface area contributed by atoms with Crippen molar-refractivity contribution in [2.75, 3.05) is 19.8 Å². The zero-order valence-electron chi connectivity index (χ0n) is 16.9. The molecule has 1 aliphatic heterocycles. The van der Waals surface area contributed by atoms with Crippen LogP contribution in [0, 0.1) is 11.3 Å². The minimum absolute atomic E-state index is 0.150. The molecule has 144 valence electrons. The lowest BCUT2D eigenvalue weighted by atomic mass is 9.58. The molecule has 3 atom stereocenters. The average Bonchev–Trinajstić information content (AvgIpc) is 2.98. The molecule has 0 aromatic heterocycles. The standard InChI is InChI=1S/C20H36O4Si/c1-18(2,3)25(5,6)24-14-15-7-10-20(22-11-12-23-20)19(4)9-8-16(21)13-17(15)19/h13,15-16,21H,7-12,14H2,1-6H3/t15-,16-,19+/m0/s1. The van der Waals surface area contributed by atoms with Gasteiger partial charge in [-0.3, -0.25) is 0 Å². The molecule has 1 saturated heterocycles. The molecule has 1 saturated carbocycles. The first-order valence-corrected chi connectivity index (χ1v) is 12.7. The van der Waals surface area contributed by atoms with Gasteiger partial charge in [0.15, 0.2) is 14.1 Å². The fourth-order valence-electron chi connectivity index (χ4n) is 4.46. The monoisotopic (exact) mass is 368 g/mol. The van der Waals surface area contributed by atoms with Crippen molar-refractivity contribution in [3.8, 4) is 0 Å². The first kappa shape index (κ1) is 19.6. The lowest BCUT2D eigenvalue weighted by Crippen LogP contribution is -2.56. The van der Waals surface area contributed by atoms with Gasteiger partial charge in [-0.2, -0.15) is 0 Å². The maximum Gasteiger partial charge on any atom is 0.192 e. The lowest BCUT2D eigenvalue weighted by Gasteiger charge is -2.54. The number of aliphatic hydroxyl groups is 1. The lowest BCUT2D eigenvalue weighted by molar-refractivity contribution is -0.244. The maximum absolute atomic E-state index is 10.3. The van der Waals surface area contributed by atoms with Crippen LogP contribution in [0.25, 0.3) is 0 Å². The van der Waals surface area contributed by atoms with Crippen molar-refractivity contribution in [3.63, 3.8) is 0 Å². The molecule has 0 amide bonds. The Morgan fingerprint density at radius 3 is 2.44 bits per heavy atom. The molecule has 1 spiro atoms. The highest BCUT2D eigenvalue weighted by Crippen LogP contribution is 2.58. The summed E-state index contributed by atoms with van der Waals surface area (Å²) in [4.78, 5) is 0. The molecule has 0 aromatic carbocycles. The van der Waals surface area contributed by atoms with Gasteiger partial charge >= 0.3 is 0 Å². The van der Waals surface area contributed by atoms with Gasteiger partial charge in [-0.15, -0.1) is 0 Å². The van der Waals surface area contributed by atoms with E-state index in [0.29, 0.717) is 19.1 Å². The van der Waals surface area contributed by atoms with Gasteiger partial charge in [0, 0.05) is 24.4 Å². The summed E-state index contributed by atoms with van der Waals surface area (Å²) in [5, 5.41) is 10.5. The first-order valence-electron chi connectivity index (χ1n) is 9.83. The van der Waals surface area contributed by atoms with Gasteiger partial charge in [-0.1, -0.05) is 39.3 Å². The Kier molecular flexibility index (Phi) is 5.04. The van der Waals surface area contributed by atoms with E-state index in [1.165, 1.54) is 5.57 Å². The molecule has 3 rings (SSSR count). The number of aliphatic hydroxyl groups excluding tert-OH is 1. The zero-order valence-corrected chi connectivity index (χ0v) is 17.9. The normalized spacial score (nSPS) is 35.6. The van der Waals surface area contributed by atoms with Gasteiger partial charge in [-0.05, 0) is 37.4 Å². The molecule has 4 nitrogen and oxygen atoms in total. The van der Waals surface area contributed by atoms with Gasteiger partial charge in [0.25, 0.3) is 0 Å². The Balaban J connectivity index is 1.83. The summed E-state index contributed by atoms with van der Waals surface area (Å²) in [6.07, 6.45) is 5.34. The predicted octanol–water partition coefficient (Wildman–Crippen LogP) is 4.25.